The summed E-state index contributed by atoms with van der Waals surface area (Å²) >= 11 is 0. The van der Waals surface area contributed by atoms with Crippen LogP contribution in [0.2, 0.25) is 0 Å². The third-order valence-corrected chi connectivity index (χ3v) is 6.56. The molecule has 0 unspecified atom stereocenters. The lowest BCUT2D eigenvalue weighted by atomic mass is 9.82. The third kappa shape index (κ3) is 3.95. The number of amides is 2. The van der Waals surface area contributed by atoms with Crippen LogP contribution in [0.4, 0.5) is 4.39 Å². The number of hydrogen-bond donors (Lipinski definition) is 4. The quantitative estimate of drug-likeness (QED) is 0.328. The standard InChI is InChI=1S/C26H24FN5O4/c1-25(24(28)34)12-36-22-17(25)10-20(32-21(22)14-3-6-16(27)7-4-14)26(2,35)11-29-23(33)15-5-8-18-19(9-15)31-13-30-18/h3-10,13,35H,11-12H2,1-2H3,(H2,28,34)(H,29,33)(H,30,31)/t25-,26-/m0/s1. The predicted molar refractivity (Wildman–Crippen MR) is 130 cm³/mol. The number of fused-ring (bicyclic) bond motifs is 2. The minimum absolute atomic E-state index is 0.00590. The Hall–Kier alpha value is -4.31. The number of nitrogens with zero attached hydrogens (tertiary/aromatic N) is 2. The van der Waals surface area contributed by atoms with Crippen molar-refractivity contribution in [2.45, 2.75) is 24.9 Å². The molecule has 0 saturated carbocycles. The number of ether oxygens (including phenoxy) is 1. The van der Waals surface area contributed by atoms with E-state index in [4.69, 9.17) is 10.5 Å². The molecule has 184 valence electrons. The van der Waals surface area contributed by atoms with Crippen LogP contribution >= 0.6 is 0 Å². The van der Waals surface area contributed by atoms with E-state index in [0.29, 0.717) is 33.7 Å². The largest absolute Gasteiger partial charge is 0.489 e. The first kappa shape index (κ1) is 23.4. The first-order chi connectivity index (χ1) is 17.1. The molecule has 4 aromatic rings. The number of halogens is 1. The SMILES string of the molecule is C[C@](O)(CNC(=O)c1ccc2nc[nH]c2c1)c1cc2c(c(-c3ccc(F)cc3)n1)OC[C@]2(C)C(N)=O. The Morgan fingerprint density at radius 1 is 1.25 bits per heavy atom. The lowest BCUT2D eigenvalue weighted by Crippen LogP contribution is -2.41. The number of H-pyrrole nitrogens is 1. The molecule has 2 aromatic carbocycles. The summed E-state index contributed by atoms with van der Waals surface area (Å²) in [5.74, 6) is -1.06. The number of carbonyl (C=O) groups excluding carboxylic acids is 2. The molecule has 0 saturated heterocycles. The summed E-state index contributed by atoms with van der Waals surface area (Å²) in [6.45, 7) is 3.00. The van der Waals surface area contributed by atoms with Crippen LogP contribution < -0.4 is 15.8 Å². The number of benzene rings is 2. The Morgan fingerprint density at radius 3 is 2.72 bits per heavy atom. The van der Waals surface area contributed by atoms with Gasteiger partial charge >= 0.3 is 0 Å². The maximum Gasteiger partial charge on any atom is 0.251 e. The van der Waals surface area contributed by atoms with Gasteiger partial charge < -0.3 is 25.9 Å². The molecule has 3 heterocycles. The molecular weight excluding hydrogens is 465 g/mol. The molecule has 10 heteroatoms. The summed E-state index contributed by atoms with van der Waals surface area (Å²) in [6, 6.07) is 12.2. The number of imidazole rings is 1. The molecule has 2 aromatic heterocycles. The molecule has 1 aliphatic rings. The number of aromatic amines is 1. The van der Waals surface area contributed by atoms with Gasteiger partial charge in [-0.15, -0.1) is 0 Å². The molecule has 0 fully saturated rings. The summed E-state index contributed by atoms with van der Waals surface area (Å²) in [5.41, 5.74) is 6.29. The van der Waals surface area contributed by atoms with Crippen molar-refractivity contribution < 1.29 is 23.8 Å². The highest BCUT2D eigenvalue weighted by molar-refractivity contribution is 5.97. The van der Waals surface area contributed by atoms with E-state index in [1.165, 1.54) is 31.2 Å². The first-order valence-electron chi connectivity index (χ1n) is 11.3. The van der Waals surface area contributed by atoms with Gasteiger partial charge in [-0.05, 0) is 62.4 Å². The lowest BCUT2D eigenvalue weighted by Gasteiger charge is -2.26. The number of pyridine rings is 1. The van der Waals surface area contributed by atoms with Crippen LogP contribution in [-0.4, -0.2) is 45.0 Å². The topological polar surface area (TPSA) is 143 Å². The second kappa shape index (κ2) is 8.42. The molecular formula is C26H24FN5O4. The Labute approximate surface area is 205 Å². The maximum absolute atomic E-state index is 13.6. The average Bonchev–Trinajstić information content (AvgIpc) is 3.47. The van der Waals surface area contributed by atoms with Gasteiger partial charge in [0.2, 0.25) is 5.91 Å². The normalized spacial score (nSPS) is 18.3. The Kier molecular flexibility index (Phi) is 5.48. The van der Waals surface area contributed by atoms with E-state index >= 15 is 0 Å². The lowest BCUT2D eigenvalue weighted by molar-refractivity contribution is -0.123. The molecule has 1 aliphatic heterocycles. The highest BCUT2D eigenvalue weighted by Gasteiger charge is 2.45. The monoisotopic (exact) mass is 489 g/mol. The van der Waals surface area contributed by atoms with Crippen LogP contribution in [0.5, 0.6) is 5.75 Å². The van der Waals surface area contributed by atoms with Crippen LogP contribution in [0.3, 0.4) is 0 Å². The molecule has 0 spiro atoms. The number of nitrogens with two attached hydrogens (primary N) is 1. The second-order valence-electron chi connectivity index (χ2n) is 9.32. The van der Waals surface area contributed by atoms with Crippen LogP contribution in [0.1, 0.15) is 35.5 Å². The minimum Gasteiger partial charge on any atom is -0.489 e. The molecule has 5 N–H and O–H groups in total. The average molecular weight is 490 g/mol. The van der Waals surface area contributed by atoms with E-state index in [9.17, 15) is 19.1 Å². The van der Waals surface area contributed by atoms with Gasteiger partial charge in [-0.25, -0.2) is 14.4 Å². The summed E-state index contributed by atoms with van der Waals surface area (Å²) < 4.78 is 19.4. The Bertz CT molecular complexity index is 1500. The molecule has 36 heavy (non-hydrogen) atoms. The van der Waals surface area contributed by atoms with Crippen molar-refractivity contribution in [1.29, 1.82) is 0 Å². The van der Waals surface area contributed by atoms with Crippen LogP contribution in [0, 0.1) is 5.82 Å². The predicted octanol–water partition coefficient (Wildman–Crippen LogP) is 2.54. The number of aliphatic hydroxyl groups is 1. The van der Waals surface area contributed by atoms with Crippen molar-refractivity contribution in [3.63, 3.8) is 0 Å². The van der Waals surface area contributed by atoms with Crippen LogP contribution in [0.15, 0.2) is 54.9 Å². The summed E-state index contributed by atoms with van der Waals surface area (Å²) in [4.78, 5) is 36.8. The van der Waals surface area contributed by atoms with Gasteiger partial charge in [0, 0.05) is 16.7 Å². The summed E-state index contributed by atoms with van der Waals surface area (Å²) in [6.07, 6.45) is 1.54. The third-order valence-electron chi connectivity index (χ3n) is 6.56. The number of hydrogen-bond acceptors (Lipinski definition) is 6. The summed E-state index contributed by atoms with van der Waals surface area (Å²) in [7, 11) is 0. The van der Waals surface area contributed by atoms with Crippen molar-refractivity contribution in [2.75, 3.05) is 13.2 Å². The molecule has 2 amide bonds. The van der Waals surface area contributed by atoms with E-state index < -0.39 is 28.6 Å². The number of rotatable bonds is 6. The van der Waals surface area contributed by atoms with Gasteiger partial charge in [0.1, 0.15) is 34.9 Å². The second-order valence-corrected chi connectivity index (χ2v) is 9.32. The Morgan fingerprint density at radius 2 is 2.00 bits per heavy atom. The van der Waals surface area contributed by atoms with Crippen molar-refractivity contribution in [1.82, 2.24) is 20.3 Å². The fraction of sp³-hybridized carbons (Fsp3) is 0.231. The van der Waals surface area contributed by atoms with Crippen molar-refractivity contribution in [3.05, 3.63) is 77.5 Å². The molecule has 0 aliphatic carbocycles. The fourth-order valence-corrected chi connectivity index (χ4v) is 4.19. The maximum atomic E-state index is 13.6. The van der Waals surface area contributed by atoms with Gasteiger partial charge in [0.15, 0.2) is 0 Å². The number of primary amides is 1. The zero-order valence-electron chi connectivity index (χ0n) is 19.6. The van der Waals surface area contributed by atoms with E-state index in [1.54, 1.807) is 37.5 Å². The smallest absolute Gasteiger partial charge is 0.251 e. The number of nitrogens with one attached hydrogen (secondary N) is 2. The first-order valence-corrected chi connectivity index (χ1v) is 11.3. The van der Waals surface area contributed by atoms with Crippen LogP contribution in [-0.2, 0) is 15.8 Å². The van der Waals surface area contributed by atoms with E-state index in [2.05, 4.69) is 20.3 Å². The van der Waals surface area contributed by atoms with E-state index in [-0.39, 0.29) is 18.8 Å². The molecule has 5 rings (SSSR count). The molecule has 0 bridgehead atoms. The van der Waals surface area contributed by atoms with Crippen molar-refractivity contribution >= 4 is 22.8 Å². The van der Waals surface area contributed by atoms with Crippen molar-refractivity contribution in [3.8, 4) is 17.0 Å². The minimum atomic E-state index is -1.63. The van der Waals surface area contributed by atoms with Gasteiger partial charge in [-0.3, -0.25) is 9.59 Å². The number of aromatic nitrogens is 3. The highest BCUT2D eigenvalue weighted by Crippen LogP contribution is 2.45. The zero-order chi connectivity index (χ0) is 25.7. The molecule has 9 nitrogen and oxygen atoms in total. The van der Waals surface area contributed by atoms with E-state index in [0.717, 1.165) is 5.52 Å². The zero-order valence-corrected chi connectivity index (χ0v) is 19.6. The highest BCUT2D eigenvalue weighted by atomic mass is 19.1. The summed E-state index contributed by atoms with van der Waals surface area (Å²) in [5, 5.41) is 14.1. The van der Waals surface area contributed by atoms with Gasteiger partial charge in [-0.2, -0.15) is 0 Å². The van der Waals surface area contributed by atoms with Gasteiger partial charge in [0.25, 0.3) is 5.91 Å². The van der Waals surface area contributed by atoms with E-state index in [1.807, 2.05) is 0 Å². The molecule has 2 atom stereocenters. The van der Waals surface area contributed by atoms with Gasteiger partial charge in [0.05, 0.1) is 29.6 Å². The van der Waals surface area contributed by atoms with Crippen molar-refractivity contribution in [2.24, 2.45) is 5.73 Å². The fourth-order valence-electron chi connectivity index (χ4n) is 4.19. The Balaban J connectivity index is 1.50. The van der Waals surface area contributed by atoms with Crippen LogP contribution in [0.25, 0.3) is 22.3 Å². The molecule has 0 radical (unpaired) electrons. The van der Waals surface area contributed by atoms with Gasteiger partial charge in [-0.1, -0.05) is 0 Å². The number of carbonyl (C=O) groups is 2.